The van der Waals surface area contributed by atoms with Crippen LogP contribution in [-0.4, -0.2) is 39.5 Å². The summed E-state index contributed by atoms with van der Waals surface area (Å²) in [6.45, 7) is 0. The molecule has 0 aliphatic carbocycles. The van der Waals surface area contributed by atoms with E-state index in [1.165, 1.54) is 12.7 Å². The summed E-state index contributed by atoms with van der Waals surface area (Å²) in [6, 6.07) is 72.5. The summed E-state index contributed by atoms with van der Waals surface area (Å²) in [4.78, 5) is 17.9. The molecule has 0 radical (unpaired) electrons. The first-order chi connectivity index (χ1) is 32.0. The lowest BCUT2D eigenvalue weighted by Gasteiger charge is -2.36. The third kappa shape index (κ3) is 7.06. The Balaban J connectivity index is 0.000000155. The Morgan fingerprint density at radius 2 is 0.646 bits per heavy atom. The Labute approximate surface area is 389 Å². The van der Waals surface area contributed by atoms with E-state index in [1.807, 2.05) is 76.1 Å². The predicted molar refractivity (Wildman–Crippen MR) is 267 cm³/mol. The van der Waals surface area contributed by atoms with Crippen molar-refractivity contribution in [3.63, 3.8) is 0 Å². The maximum atomic E-state index is 6.46. The zero-order valence-corrected chi connectivity index (χ0v) is 37.1. The second kappa shape index (κ2) is 17.6. The molecule has 0 aliphatic heterocycles. The van der Waals surface area contributed by atoms with Crippen LogP contribution in [0.4, 0.5) is 11.6 Å². The Morgan fingerprint density at radius 1 is 0.354 bits per heavy atom. The van der Waals surface area contributed by atoms with E-state index in [0.717, 1.165) is 59.1 Å². The number of nitrogen functional groups attached to an aromatic ring is 2. The van der Waals surface area contributed by atoms with Gasteiger partial charge in [0.2, 0.25) is 0 Å². The van der Waals surface area contributed by atoms with E-state index in [9.17, 15) is 0 Å². The number of rotatable bonds is 9. The first-order valence-electron chi connectivity index (χ1n) is 21.1. The van der Waals surface area contributed by atoms with Crippen LogP contribution in [0.1, 0.15) is 33.4 Å². The van der Waals surface area contributed by atoms with Gasteiger partial charge in [-0.05, 0) is 56.0 Å². The van der Waals surface area contributed by atoms with Crippen LogP contribution < -0.4 is 11.5 Å². The third-order valence-electron chi connectivity index (χ3n) is 11.8. The Kier molecular flexibility index (Phi) is 11.1. The standard InChI is InChI=1S/C30H23N5.C24H18IN5/c31-28-26-27(22-13-5-1-6-14-22)34-35(29(26)33-21-32-28)30(23-15-7-2-8-16-23,24-17-9-3-10-18-24)25-19-11-4-12-20-25;25-21-20-22(26)27-16-28-23(20)30(29-21)24(17-10-4-1-5-11-17,18-12-6-2-7-13-18)19-14-8-3-9-15-19/h1-21H,(H2,31,32,33);1-16H,(H2,26,27,28). The van der Waals surface area contributed by atoms with Crippen LogP contribution in [0.2, 0.25) is 0 Å². The first kappa shape index (κ1) is 41.0. The number of hydrogen-bond acceptors (Lipinski definition) is 8. The van der Waals surface area contributed by atoms with Gasteiger partial charge in [-0.3, -0.25) is 0 Å². The second-order valence-corrected chi connectivity index (χ2v) is 16.4. The van der Waals surface area contributed by atoms with Crippen LogP contribution in [-0.2, 0) is 11.1 Å². The number of benzene rings is 7. The molecule has 11 heteroatoms. The highest BCUT2D eigenvalue weighted by atomic mass is 127. The van der Waals surface area contributed by atoms with Crippen LogP contribution in [0.25, 0.3) is 33.3 Å². The molecule has 7 aromatic carbocycles. The second-order valence-electron chi connectivity index (χ2n) is 15.4. The molecule has 0 amide bonds. The summed E-state index contributed by atoms with van der Waals surface area (Å²) in [7, 11) is 0. The van der Waals surface area contributed by atoms with E-state index < -0.39 is 11.1 Å². The summed E-state index contributed by atoms with van der Waals surface area (Å²) in [5, 5.41) is 11.7. The van der Waals surface area contributed by atoms with E-state index in [-0.39, 0.29) is 0 Å². The minimum absolute atomic E-state index is 0.406. The summed E-state index contributed by atoms with van der Waals surface area (Å²) in [5.74, 6) is 0.835. The molecule has 0 unspecified atom stereocenters. The van der Waals surface area contributed by atoms with Gasteiger partial charge in [0.1, 0.15) is 44.8 Å². The van der Waals surface area contributed by atoms with Crippen molar-refractivity contribution in [1.82, 2.24) is 39.5 Å². The van der Waals surface area contributed by atoms with Gasteiger partial charge in [0.05, 0.1) is 10.8 Å². The van der Waals surface area contributed by atoms with Crippen molar-refractivity contribution in [3.05, 3.63) is 262 Å². The smallest absolute Gasteiger partial charge is 0.165 e. The summed E-state index contributed by atoms with van der Waals surface area (Å²) in [6.07, 6.45) is 3.01. The van der Waals surface area contributed by atoms with Gasteiger partial charge in [-0.1, -0.05) is 212 Å². The Hall–Kier alpha value is -8.03. The number of nitrogens with two attached hydrogens (primary N) is 2. The minimum Gasteiger partial charge on any atom is -0.383 e. The zero-order valence-electron chi connectivity index (χ0n) is 35.0. The van der Waals surface area contributed by atoms with Gasteiger partial charge in [0.15, 0.2) is 11.3 Å². The van der Waals surface area contributed by atoms with Gasteiger partial charge in [0.25, 0.3) is 0 Å². The van der Waals surface area contributed by atoms with Crippen molar-refractivity contribution in [1.29, 1.82) is 0 Å². The molecule has 65 heavy (non-hydrogen) atoms. The molecular formula is C54H41IN10. The molecule has 0 aliphatic rings. The molecule has 0 bridgehead atoms. The quantitative estimate of drug-likeness (QED) is 0.108. The van der Waals surface area contributed by atoms with Crippen LogP contribution in [0, 0.1) is 3.70 Å². The van der Waals surface area contributed by atoms with Gasteiger partial charge < -0.3 is 11.5 Å². The molecule has 4 heterocycles. The van der Waals surface area contributed by atoms with Crippen LogP contribution >= 0.6 is 22.6 Å². The van der Waals surface area contributed by atoms with Gasteiger partial charge in [-0.25, -0.2) is 29.3 Å². The normalized spacial score (nSPS) is 11.6. The molecule has 0 fully saturated rings. The molecule has 0 spiro atoms. The lowest BCUT2D eigenvalue weighted by atomic mass is 9.77. The van der Waals surface area contributed by atoms with Crippen molar-refractivity contribution in [2.24, 2.45) is 0 Å². The Bertz CT molecular complexity index is 3140. The number of hydrogen-bond donors (Lipinski definition) is 2. The SMILES string of the molecule is Nc1ncnc2c1c(-c1ccccc1)nn2C(c1ccccc1)(c1ccccc1)c1ccccc1.Nc1ncnc2c1c(I)nn2C(c1ccccc1)(c1ccccc1)c1ccccc1. The topological polar surface area (TPSA) is 139 Å². The largest absolute Gasteiger partial charge is 0.383 e. The molecular weight excluding hydrogens is 916 g/mol. The molecule has 10 nitrogen and oxygen atoms in total. The fourth-order valence-electron chi connectivity index (χ4n) is 8.98. The lowest BCUT2D eigenvalue weighted by Crippen LogP contribution is -2.38. The molecule has 11 aromatic rings. The van der Waals surface area contributed by atoms with Gasteiger partial charge in [-0.2, -0.15) is 10.2 Å². The van der Waals surface area contributed by atoms with E-state index in [1.54, 1.807) is 0 Å². The molecule has 4 aromatic heterocycles. The summed E-state index contributed by atoms with van der Waals surface area (Å²) < 4.78 is 4.78. The van der Waals surface area contributed by atoms with Crippen LogP contribution in [0.15, 0.2) is 225 Å². The van der Waals surface area contributed by atoms with Crippen molar-refractivity contribution in [3.8, 4) is 11.3 Å². The molecule has 0 saturated heterocycles. The molecule has 4 N–H and O–H groups in total. The molecule has 314 valence electrons. The molecule has 0 atom stereocenters. The van der Waals surface area contributed by atoms with Crippen molar-refractivity contribution in [2.45, 2.75) is 11.1 Å². The number of halogens is 1. The number of anilines is 2. The van der Waals surface area contributed by atoms with E-state index in [4.69, 9.17) is 26.6 Å². The van der Waals surface area contributed by atoms with Crippen LogP contribution in [0.3, 0.4) is 0 Å². The Morgan fingerprint density at radius 3 is 1.00 bits per heavy atom. The monoisotopic (exact) mass is 956 g/mol. The highest BCUT2D eigenvalue weighted by molar-refractivity contribution is 14.1. The zero-order chi connectivity index (χ0) is 44.2. The van der Waals surface area contributed by atoms with E-state index in [2.05, 4.69) is 183 Å². The predicted octanol–water partition coefficient (Wildman–Crippen LogP) is 10.8. The van der Waals surface area contributed by atoms with Crippen molar-refractivity contribution in [2.75, 3.05) is 11.5 Å². The first-order valence-corrected chi connectivity index (χ1v) is 22.1. The average Bonchev–Trinajstić information content (AvgIpc) is 3.94. The van der Waals surface area contributed by atoms with Gasteiger partial charge in [0, 0.05) is 5.56 Å². The van der Waals surface area contributed by atoms with Crippen LogP contribution in [0.5, 0.6) is 0 Å². The summed E-state index contributed by atoms with van der Waals surface area (Å²) in [5.41, 5.74) is 20.7. The maximum Gasteiger partial charge on any atom is 0.165 e. The van der Waals surface area contributed by atoms with E-state index in [0.29, 0.717) is 22.9 Å². The third-order valence-corrected chi connectivity index (χ3v) is 12.5. The summed E-state index contributed by atoms with van der Waals surface area (Å²) >= 11 is 2.21. The van der Waals surface area contributed by atoms with Crippen molar-refractivity contribution >= 4 is 56.3 Å². The van der Waals surface area contributed by atoms with Gasteiger partial charge >= 0.3 is 0 Å². The molecule has 0 saturated carbocycles. The fourth-order valence-corrected chi connectivity index (χ4v) is 9.72. The number of fused-ring (bicyclic) bond motifs is 2. The average molecular weight is 957 g/mol. The van der Waals surface area contributed by atoms with E-state index >= 15 is 0 Å². The fraction of sp³-hybridized carbons (Fsp3) is 0.0370. The molecule has 11 rings (SSSR count). The number of aromatic nitrogens is 8. The lowest BCUT2D eigenvalue weighted by molar-refractivity contribution is 0.470. The van der Waals surface area contributed by atoms with Gasteiger partial charge in [-0.15, -0.1) is 0 Å². The van der Waals surface area contributed by atoms with Crippen molar-refractivity contribution < 1.29 is 0 Å². The highest BCUT2D eigenvalue weighted by Crippen LogP contribution is 2.45. The maximum absolute atomic E-state index is 6.46. The number of nitrogens with zero attached hydrogens (tertiary/aromatic N) is 8. The minimum atomic E-state index is -0.796. The highest BCUT2D eigenvalue weighted by Gasteiger charge is 2.43.